The van der Waals surface area contributed by atoms with Crippen LogP contribution in [0.2, 0.25) is 0 Å². The van der Waals surface area contributed by atoms with Crippen molar-refractivity contribution in [3.8, 4) is 11.5 Å². The van der Waals surface area contributed by atoms with Gasteiger partial charge in [-0.2, -0.15) is 0 Å². The van der Waals surface area contributed by atoms with Crippen LogP contribution in [0.1, 0.15) is 68.8 Å². The molecule has 0 bridgehead atoms. The third kappa shape index (κ3) is 6.64. The van der Waals surface area contributed by atoms with Crippen LogP contribution < -0.4 is 14.4 Å². The van der Waals surface area contributed by atoms with E-state index in [2.05, 4.69) is 54.0 Å². The average molecular weight is 552 g/mol. The number of hydrogen-bond donors (Lipinski definition) is 0. The van der Waals surface area contributed by atoms with E-state index >= 15 is 0 Å². The second kappa shape index (κ2) is 13.5. The van der Waals surface area contributed by atoms with Crippen molar-refractivity contribution in [3.63, 3.8) is 0 Å². The number of allylic oxidation sites excluding steroid dienone is 1. The van der Waals surface area contributed by atoms with Crippen LogP contribution in [0, 0.1) is 0 Å². The first-order valence-corrected chi connectivity index (χ1v) is 14.9. The van der Waals surface area contributed by atoms with Gasteiger partial charge in [0.25, 0.3) is 0 Å². The highest BCUT2D eigenvalue weighted by molar-refractivity contribution is 5.96. The number of fused-ring (bicyclic) bond motifs is 1. The molecule has 0 radical (unpaired) electrons. The third-order valence-corrected chi connectivity index (χ3v) is 7.82. The summed E-state index contributed by atoms with van der Waals surface area (Å²) in [6, 6.07) is 22.8. The lowest BCUT2D eigenvalue weighted by molar-refractivity contribution is -0.117. The van der Waals surface area contributed by atoms with E-state index in [0.29, 0.717) is 19.6 Å². The summed E-state index contributed by atoms with van der Waals surface area (Å²) < 4.78 is 13.9. The number of carbonyl (C=O) groups is 1. The third-order valence-electron chi connectivity index (χ3n) is 7.82. The summed E-state index contributed by atoms with van der Waals surface area (Å²) in [7, 11) is 1.67. The van der Waals surface area contributed by atoms with Crippen LogP contribution in [0.15, 0.2) is 72.8 Å². The molecule has 0 spiro atoms. The molecule has 4 aromatic rings. The van der Waals surface area contributed by atoms with Crippen molar-refractivity contribution in [3.05, 3.63) is 89.8 Å². The van der Waals surface area contributed by atoms with Gasteiger partial charge in [-0.15, -0.1) is 0 Å². The number of aromatic nitrogens is 2. The molecule has 1 fully saturated rings. The number of hydrogen-bond acceptors (Lipinski definition) is 4. The molecule has 214 valence electrons. The molecule has 1 saturated heterocycles. The fraction of sp³-hybridized carbons (Fsp3) is 0.371. The number of para-hydroxylation sites is 2. The molecular weight excluding hydrogens is 510 g/mol. The molecule has 41 heavy (non-hydrogen) atoms. The van der Waals surface area contributed by atoms with E-state index in [9.17, 15) is 4.79 Å². The molecule has 6 nitrogen and oxygen atoms in total. The minimum absolute atomic E-state index is 0.0610. The summed E-state index contributed by atoms with van der Waals surface area (Å²) in [5, 5.41) is 0. The quantitative estimate of drug-likeness (QED) is 0.159. The van der Waals surface area contributed by atoms with E-state index in [1.165, 1.54) is 18.4 Å². The summed E-state index contributed by atoms with van der Waals surface area (Å²) >= 11 is 0. The second-order valence-corrected chi connectivity index (χ2v) is 10.8. The lowest BCUT2D eigenvalue weighted by Crippen LogP contribution is -2.24. The summed E-state index contributed by atoms with van der Waals surface area (Å²) in [5.74, 6) is 2.74. The predicted octanol–water partition coefficient (Wildman–Crippen LogP) is 7.80. The van der Waals surface area contributed by atoms with Gasteiger partial charge < -0.3 is 18.9 Å². The fourth-order valence-corrected chi connectivity index (χ4v) is 5.65. The normalized spacial score (nSPS) is 15.3. The fourth-order valence-electron chi connectivity index (χ4n) is 5.65. The zero-order valence-corrected chi connectivity index (χ0v) is 24.5. The Kier molecular flexibility index (Phi) is 9.40. The van der Waals surface area contributed by atoms with Crippen molar-refractivity contribution in [2.24, 2.45) is 0 Å². The Labute approximate surface area is 243 Å². The molecular formula is C35H41N3O3. The van der Waals surface area contributed by atoms with E-state index in [1.807, 2.05) is 48.2 Å². The molecule has 3 aromatic carbocycles. The number of benzene rings is 3. The van der Waals surface area contributed by atoms with Crippen molar-refractivity contribution in [1.29, 1.82) is 0 Å². The van der Waals surface area contributed by atoms with Crippen LogP contribution in [0.25, 0.3) is 17.1 Å². The molecule has 1 atom stereocenters. The largest absolute Gasteiger partial charge is 0.493 e. The van der Waals surface area contributed by atoms with Crippen LogP contribution in [-0.4, -0.2) is 35.7 Å². The number of methoxy groups -OCH3 is 1. The van der Waals surface area contributed by atoms with Gasteiger partial charge in [-0.25, -0.2) is 4.98 Å². The average Bonchev–Trinajstić information content (AvgIpc) is 3.57. The van der Waals surface area contributed by atoms with E-state index in [1.54, 1.807) is 7.11 Å². The summed E-state index contributed by atoms with van der Waals surface area (Å²) in [6.45, 7) is 6.29. The number of unbranched alkanes of at least 4 members (excludes halogenated alkanes) is 2. The number of anilines is 1. The molecule has 6 heteroatoms. The van der Waals surface area contributed by atoms with Crippen LogP contribution in [0.3, 0.4) is 0 Å². The van der Waals surface area contributed by atoms with Gasteiger partial charge in [0.1, 0.15) is 5.82 Å². The summed E-state index contributed by atoms with van der Waals surface area (Å²) in [4.78, 5) is 20.1. The number of carbonyl (C=O) groups excluding carboxylic acids is 1. The molecule has 1 aliphatic heterocycles. The van der Waals surface area contributed by atoms with E-state index in [-0.39, 0.29) is 11.8 Å². The highest BCUT2D eigenvalue weighted by atomic mass is 16.5. The van der Waals surface area contributed by atoms with Crippen molar-refractivity contribution in [2.45, 2.75) is 64.8 Å². The van der Waals surface area contributed by atoms with Crippen LogP contribution in [-0.2, 0) is 17.8 Å². The molecule has 2 heterocycles. The number of nitrogens with zero attached hydrogens (tertiary/aromatic N) is 3. The molecule has 1 aromatic heterocycles. The maximum atomic E-state index is 13.1. The lowest BCUT2D eigenvalue weighted by Gasteiger charge is -2.18. The van der Waals surface area contributed by atoms with Gasteiger partial charge in [0.2, 0.25) is 5.91 Å². The van der Waals surface area contributed by atoms with Gasteiger partial charge in [-0.05, 0) is 80.1 Å². The van der Waals surface area contributed by atoms with Gasteiger partial charge in [0.15, 0.2) is 11.5 Å². The van der Waals surface area contributed by atoms with E-state index in [0.717, 1.165) is 65.4 Å². The first kappa shape index (κ1) is 28.5. The van der Waals surface area contributed by atoms with Gasteiger partial charge in [0, 0.05) is 31.1 Å². The number of amides is 1. The van der Waals surface area contributed by atoms with Gasteiger partial charge in [-0.3, -0.25) is 4.79 Å². The Morgan fingerprint density at radius 1 is 1.00 bits per heavy atom. The molecule has 1 unspecified atom stereocenters. The molecule has 1 aliphatic rings. The zero-order valence-electron chi connectivity index (χ0n) is 24.5. The number of aryl methyl sites for hydroxylation is 2. The highest BCUT2D eigenvalue weighted by Crippen LogP contribution is 2.34. The number of ether oxygens (including phenoxy) is 2. The molecule has 1 amide bonds. The first-order chi connectivity index (χ1) is 20.1. The Bertz CT molecular complexity index is 1490. The Hall–Kier alpha value is -4.06. The molecule has 0 N–H and O–H groups in total. The van der Waals surface area contributed by atoms with Crippen molar-refractivity contribution in [1.82, 2.24) is 9.55 Å². The topological polar surface area (TPSA) is 56.6 Å². The maximum Gasteiger partial charge on any atom is 0.227 e. The van der Waals surface area contributed by atoms with E-state index < -0.39 is 0 Å². The summed E-state index contributed by atoms with van der Waals surface area (Å²) in [5.41, 5.74) is 5.50. The monoisotopic (exact) mass is 551 g/mol. The minimum atomic E-state index is 0.0610. The zero-order chi connectivity index (χ0) is 28.6. The van der Waals surface area contributed by atoms with Crippen LogP contribution in [0.4, 0.5) is 5.69 Å². The van der Waals surface area contributed by atoms with Gasteiger partial charge >= 0.3 is 0 Å². The van der Waals surface area contributed by atoms with Crippen LogP contribution >= 0.6 is 0 Å². The van der Waals surface area contributed by atoms with Crippen molar-refractivity contribution >= 4 is 28.7 Å². The standard InChI is InChI=1S/C35H41N3O3/c1-4-6-12-26-15-18-29(19-16-26)38-25-28(24-34(38)39)35-36-30-13-7-8-14-31(30)37(35)21-9-10-22-41-32-20-17-27(11-5-2)23-33(32)40-3/h5,7-8,11,13-20,23,28H,4,6,9-10,12,21-22,24-25H2,1-3H3/b11-5+. The SMILES string of the molecule is C/C=C/c1ccc(OCCCCn2c(C3CC(=O)N(c4ccc(CCCC)cc4)C3)nc3ccccc32)c(OC)c1. The molecule has 5 rings (SSSR count). The smallest absolute Gasteiger partial charge is 0.227 e. The number of rotatable bonds is 13. The van der Waals surface area contributed by atoms with Crippen molar-refractivity contribution in [2.75, 3.05) is 25.2 Å². The molecule has 0 saturated carbocycles. The van der Waals surface area contributed by atoms with Crippen molar-refractivity contribution < 1.29 is 14.3 Å². The van der Waals surface area contributed by atoms with Gasteiger partial charge in [0.05, 0.1) is 24.8 Å². The first-order valence-electron chi connectivity index (χ1n) is 14.9. The van der Waals surface area contributed by atoms with Crippen LogP contribution in [0.5, 0.6) is 11.5 Å². The number of imidazole rings is 1. The Morgan fingerprint density at radius 3 is 2.61 bits per heavy atom. The van der Waals surface area contributed by atoms with Gasteiger partial charge in [-0.1, -0.05) is 55.8 Å². The molecule has 0 aliphatic carbocycles. The van der Waals surface area contributed by atoms with E-state index in [4.69, 9.17) is 14.5 Å². The minimum Gasteiger partial charge on any atom is -0.493 e. The summed E-state index contributed by atoms with van der Waals surface area (Å²) in [6.07, 6.45) is 9.81. The highest BCUT2D eigenvalue weighted by Gasteiger charge is 2.34. The predicted molar refractivity (Wildman–Crippen MR) is 167 cm³/mol. The maximum absolute atomic E-state index is 13.1. The Morgan fingerprint density at radius 2 is 1.83 bits per heavy atom. The lowest BCUT2D eigenvalue weighted by atomic mass is 10.1. The Balaban J connectivity index is 1.24. The second-order valence-electron chi connectivity index (χ2n) is 10.8.